The van der Waals surface area contributed by atoms with E-state index in [1.165, 1.54) is 30.4 Å². The van der Waals surface area contributed by atoms with Gasteiger partial charge >= 0.3 is 0 Å². The molecule has 96 valence electrons. The zero-order valence-corrected chi connectivity index (χ0v) is 11.4. The largest absolute Gasteiger partial charge is 0.298 e. The smallest absolute Gasteiger partial charge is 0.150 e. The summed E-state index contributed by atoms with van der Waals surface area (Å²) in [4.78, 5) is 11.3. The Morgan fingerprint density at radius 1 is 1.05 bits per heavy atom. The molecule has 0 bridgehead atoms. The number of hydrogen-bond acceptors (Lipinski definition) is 1. The Hall–Kier alpha value is -1.60. The second kappa shape index (κ2) is 5.18. The van der Waals surface area contributed by atoms with Gasteiger partial charge in [-0.25, -0.2) is 0 Å². The monoisotopic (exact) mass is 270 g/mol. The average Bonchev–Trinajstić information content (AvgIpc) is 2.37. The van der Waals surface area contributed by atoms with E-state index < -0.39 is 0 Å². The first-order valence-corrected chi connectivity index (χ1v) is 7.01. The van der Waals surface area contributed by atoms with Gasteiger partial charge in [-0.3, -0.25) is 4.79 Å². The lowest BCUT2D eigenvalue weighted by Crippen LogP contribution is -2.10. The van der Waals surface area contributed by atoms with Gasteiger partial charge in [-0.15, -0.1) is 0 Å². The van der Waals surface area contributed by atoms with E-state index in [0.717, 1.165) is 11.8 Å². The van der Waals surface area contributed by atoms with Crippen LogP contribution < -0.4 is 0 Å². The number of benzene rings is 2. The Kier molecular flexibility index (Phi) is 3.39. The highest BCUT2D eigenvalue weighted by atomic mass is 35.5. The summed E-state index contributed by atoms with van der Waals surface area (Å²) in [7, 11) is 0. The molecule has 0 atom stereocenters. The lowest BCUT2D eigenvalue weighted by Gasteiger charge is -2.28. The summed E-state index contributed by atoms with van der Waals surface area (Å²) >= 11 is 5.96. The van der Waals surface area contributed by atoms with Gasteiger partial charge in [-0.2, -0.15) is 0 Å². The van der Waals surface area contributed by atoms with Gasteiger partial charge < -0.3 is 0 Å². The predicted octanol–water partition coefficient (Wildman–Crippen LogP) is 5.09. The van der Waals surface area contributed by atoms with Gasteiger partial charge in [0.15, 0.2) is 6.29 Å². The summed E-state index contributed by atoms with van der Waals surface area (Å²) in [5, 5.41) is 0.604. The van der Waals surface area contributed by atoms with Crippen molar-refractivity contribution in [2.45, 2.75) is 25.2 Å². The molecule has 0 spiro atoms. The number of halogens is 1. The molecule has 0 aromatic heterocycles. The van der Waals surface area contributed by atoms with Crippen LogP contribution in [0.1, 0.15) is 41.1 Å². The van der Waals surface area contributed by atoms with Gasteiger partial charge in [0, 0.05) is 10.6 Å². The van der Waals surface area contributed by atoms with Crippen LogP contribution in [-0.4, -0.2) is 6.29 Å². The molecule has 19 heavy (non-hydrogen) atoms. The van der Waals surface area contributed by atoms with Crippen molar-refractivity contribution < 1.29 is 4.79 Å². The lowest BCUT2D eigenvalue weighted by atomic mass is 9.77. The highest BCUT2D eigenvalue weighted by Gasteiger charge is 2.22. The maximum atomic E-state index is 11.3. The minimum absolute atomic E-state index is 0.604. The van der Waals surface area contributed by atoms with E-state index in [2.05, 4.69) is 18.2 Å². The average molecular weight is 271 g/mol. The fraction of sp³-hybridized carbons (Fsp3) is 0.235. The molecule has 1 aliphatic rings. The van der Waals surface area contributed by atoms with Crippen LogP contribution in [0, 0.1) is 0 Å². The lowest BCUT2D eigenvalue weighted by molar-refractivity contribution is 0.112. The van der Waals surface area contributed by atoms with Crippen LogP contribution in [0.4, 0.5) is 0 Å². The first-order valence-electron chi connectivity index (χ1n) is 6.63. The maximum absolute atomic E-state index is 11.3. The molecule has 0 saturated heterocycles. The summed E-state index contributed by atoms with van der Waals surface area (Å²) in [6.45, 7) is 0. The highest BCUT2D eigenvalue weighted by Crippen LogP contribution is 2.41. The van der Waals surface area contributed by atoms with E-state index in [9.17, 15) is 4.79 Å². The van der Waals surface area contributed by atoms with Crippen LogP contribution >= 0.6 is 11.6 Å². The summed E-state index contributed by atoms with van der Waals surface area (Å²) in [6.07, 6.45) is 4.70. The Morgan fingerprint density at radius 3 is 2.53 bits per heavy atom. The van der Waals surface area contributed by atoms with Gasteiger partial charge in [0.25, 0.3) is 0 Å². The van der Waals surface area contributed by atoms with E-state index in [4.69, 9.17) is 11.6 Å². The molecule has 0 radical (unpaired) electrons. The first-order chi connectivity index (χ1) is 9.29. The summed E-state index contributed by atoms with van der Waals surface area (Å²) in [5.41, 5.74) is 4.19. The minimum atomic E-state index is 0.604. The Balaban J connectivity index is 2.13. The van der Waals surface area contributed by atoms with E-state index in [-0.39, 0.29) is 0 Å². The predicted molar refractivity (Wildman–Crippen MR) is 78.9 cm³/mol. The van der Waals surface area contributed by atoms with Gasteiger partial charge in [0.1, 0.15) is 0 Å². The van der Waals surface area contributed by atoms with Crippen LogP contribution in [0.25, 0.3) is 11.1 Å². The van der Waals surface area contributed by atoms with Crippen LogP contribution in [0.5, 0.6) is 0 Å². The molecule has 1 saturated carbocycles. The summed E-state index contributed by atoms with van der Waals surface area (Å²) in [6, 6.07) is 13.9. The van der Waals surface area contributed by atoms with Gasteiger partial charge in [0.2, 0.25) is 0 Å². The van der Waals surface area contributed by atoms with Crippen molar-refractivity contribution in [2.75, 3.05) is 0 Å². The second-order valence-corrected chi connectivity index (χ2v) is 5.50. The van der Waals surface area contributed by atoms with Crippen molar-refractivity contribution in [3.05, 3.63) is 58.6 Å². The molecular formula is C17H15ClO. The zero-order chi connectivity index (χ0) is 13.2. The van der Waals surface area contributed by atoms with Crippen molar-refractivity contribution in [3.8, 4) is 11.1 Å². The van der Waals surface area contributed by atoms with Crippen molar-refractivity contribution in [2.24, 2.45) is 0 Å². The normalized spacial score (nSPS) is 15.0. The van der Waals surface area contributed by atoms with Gasteiger partial charge in [-0.1, -0.05) is 48.4 Å². The van der Waals surface area contributed by atoms with Gasteiger partial charge in [0.05, 0.1) is 0 Å². The maximum Gasteiger partial charge on any atom is 0.150 e. The SMILES string of the molecule is O=Cc1cc(Cl)ccc1-c1ccccc1C1CCC1. The molecule has 1 fully saturated rings. The fourth-order valence-corrected chi connectivity index (χ4v) is 2.87. The number of carbonyl (C=O) groups is 1. The molecule has 1 aliphatic carbocycles. The second-order valence-electron chi connectivity index (χ2n) is 5.06. The molecule has 3 rings (SSSR count). The number of hydrogen-bond donors (Lipinski definition) is 0. The van der Waals surface area contributed by atoms with Crippen LogP contribution in [0.2, 0.25) is 5.02 Å². The molecule has 0 heterocycles. The molecular weight excluding hydrogens is 256 g/mol. The van der Waals surface area contributed by atoms with Crippen molar-refractivity contribution >= 4 is 17.9 Å². The summed E-state index contributed by atoms with van der Waals surface area (Å²) < 4.78 is 0. The standard InChI is InChI=1S/C17H15ClO/c18-14-8-9-16(13(10-14)11-19)17-7-2-1-6-15(17)12-4-3-5-12/h1-2,6-12H,3-5H2. The molecule has 0 unspecified atom stereocenters. The van der Waals surface area contributed by atoms with Crippen LogP contribution in [0.15, 0.2) is 42.5 Å². The number of rotatable bonds is 3. The van der Waals surface area contributed by atoms with Crippen molar-refractivity contribution in [1.82, 2.24) is 0 Å². The third-order valence-corrected chi connectivity index (χ3v) is 4.17. The minimum Gasteiger partial charge on any atom is -0.298 e. The molecule has 1 nitrogen and oxygen atoms in total. The molecule has 2 aromatic carbocycles. The molecule has 0 amide bonds. The fourth-order valence-electron chi connectivity index (χ4n) is 2.69. The van der Waals surface area contributed by atoms with Gasteiger partial charge in [-0.05, 0) is 47.6 Å². The highest BCUT2D eigenvalue weighted by molar-refractivity contribution is 6.31. The Bertz CT molecular complexity index is 614. The molecule has 0 aliphatic heterocycles. The van der Waals surface area contributed by atoms with Crippen LogP contribution in [-0.2, 0) is 0 Å². The zero-order valence-electron chi connectivity index (χ0n) is 10.6. The van der Waals surface area contributed by atoms with Crippen LogP contribution in [0.3, 0.4) is 0 Å². The van der Waals surface area contributed by atoms with E-state index in [0.29, 0.717) is 16.5 Å². The van der Waals surface area contributed by atoms with Crippen molar-refractivity contribution in [3.63, 3.8) is 0 Å². The Morgan fingerprint density at radius 2 is 1.84 bits per heavy atom. The van der Waals surface area contributed by atoms with E-state index >= 15 is 0 Å². The quantitative estimate of drug-likeness (QED) is 0.710. The third-order valence-electron chi connectivity index (χ3n) is 3.94. The summed E-state index contributed by atoms with van der Waals surface area (Å²) in [5.74, 6) is 0.645. The number of carbonyl (C=O) groups excluding carboxylic acids is 1. The Labute approximate surface area is 118 Å². The topological polar surface area (TPSA) is 17.1 Å². The molecule has 2 heteroatoms. The number of aldehydes is 1. The molecule has 0 N–H and O–H groups in total. The molecule has 2 aromatic rings. The third kappa shape index (κ3) is 2.31. The van der Waals surface area contributed by atoms with E-state index in [1.807, 2.05) is 18.2 Å². The van der Waals surface area contributed by atoms with E-state index in [1.54, 1.807) is 6.07 Å². The van der Waals surface area contributed by atoms with Crippen molar-refractivity contribution in [1.29, 1.82) is 0 Å². The first kappa shape index (κ1) is 12.4.